The van der Waals surface area contributed by atoms with E-state index < -0.39 is 18.1 Å². The van der Waals surface area contributed by atoms with Crippen molar-refractivity contribution in [1.82, 2.24) is 19.5 Å². The predicted octanol–water partition coefficient (Wildman–Crippen LogP) is 5.43. The maximum atomic E-state index is 13.6. The van der Waals surface area contributed by atoms with Crippen molar-refractivity contribution in [3.05, 3.63) is 58.3 Å². The number of thioether (sulfide) groups is 1. The number of anilines is 1. The molecular formula is C25H36ClN5O4S2Si. The molecule has 0 N–H and O–H groups in total. The summed E-state index contributed by atoms with van der Waals surface area (Å²) in [4.78, 5) is 13.3. The quantitative estimate of drug-likeness (QED) is 0.0642. The number of hydrogen-bond donors (Lipinski definition) is 0. The molecule has 0 aliphatic rings. The molecule has 0 radical (unpaired) electrons. The van der Waals surface area contributed by atoms with Gasteiger partial charge in [0.15, 0.2) is 5.16 Å². The fraction of sp³-hybridized carbons (Fsp3) is 0.480. The van der Waals surface area contributed by atoms with Crippen LogP contribution < -0.4 is 9.04 Å². The maximum Gasteiger partial charge on any atom is 0.244 e. The van der Waals surface area contributed by atoms with Crippen LogP contribution in [0.2, 0.25) is 30.8 Å². The van der Waals surface area contributed by atoms with Crippen LogP contribution in [0.5, 0.6) is 5.75 Å². The Kier molecular flexibility index (Phi) is 10.3. The van der Waals surface area contributed by atoms with Crippen molar-refractivity contribution in [2.75, 3.05) is 24.8 Å². The third-order valence-electron chi connectivity index (χ3n) is 5.92. The Hall–Kier alpha value is -2.12. The van der Waals surface area contributed by atoms with Crippen molar-refractivity contribution >= 4 is 47.3 Å². The van der Waals surface area contributed by atoms with Crippen LogP contribution >= 0.6 is 23.4 Å². The van der Waals surface area contributed by atoms with E-state index in [-0.39, 0.29) is 23.5 Å². The van der Waals surface area contributed by atoms with E-state index >= 15 is 0 Å². The average Bonchev–Trinajstić information content (AvgIpc) is 3.12. The Morgan fingerprint density at radius 2 is 1.89 bits per heavy atom. The Labute approximate surface area is 236 Å². The molecule has 0 fully saturated rings. The minimum absolute atomic E-state index is 0.149. The van der Waals surface area contributed by atoms with Crippen molar-refractivity contribution < 1.29 is 17.9 Å². The lowest BCUT2D eigenvalue weighted by molar-refractivity contribution is 0.156. The smallest absolute Gasteiger partial charge is 0.244 e. The summed E-state index contributed by atoms with van der Waals surface area (Å²) in [6.45, 7) is 10.8. The number of hydrogen-bond acceptors (Lipinski definition) is 8. The van der Waals surface area contributed by atoms with E-state index in [9.17, 15) is 8.42 Å². The zero-order chi connectivity index (χ0) is 28.1. The predicted molar refractivity (Wildman–Crippen MR) is 156 cm³/mol. The van der Waals surface area contributed by atoms with Crippen LogP contribution in [0.4, 0.5) is 5.82 Å². The molecule has 3 rings (SSSR count). The molecule has 0 unspecified atom stereocenters. The van der Waals surface area contributed by atoms with Gasteiger partial charge in [0, 0.05) is 39.7 Å². The summed E-state index contributed by atoms with van der Waals surface area (Å²) in [5, 5.41) is 0.515. The lowest BCUT2D eigenvalue weighted by Gasteiger charge is -2.24. The minimum atomic E-state index is -3.90. The van der Waals surface area contributed by atoms with Gasteiger partial charge in [0.25, 0.3) is 0 Å². The largest absolute Gasteiger partial charge is 0.496 e. The molecule has 0 saturated carbocycles. The van der Waals surface area contributed by atoms with Crippen molar-refractivity contribution in [3.8, 4) is 5.75 Å². The van der Waals surface area contributed by atoms with Gasteiger partial charge in [0.05, 0.1) is 12.8 Å². The van der Waals surface area contributed by atoms with E-state index in [4.69, 9.17) is 21.1 Å². The molecule has 1 aromatic carbocycles. The van der Waals surface area contributed by atoms with Gasteiger partial charge in [0.1, 0.15) is 35.0 Å². The minimum Gasteiger partial charge on any atom is -0.496 e. The lowest BCUT2D eigenvalue weighted by Crippen LogP contribution is -2.36. The summed E-state index contributed by atoms with van der Waals surface area (Å²) < 4.78 is 41.4. The van der Waals surface area contributed by atoms with Crippen LogP contribution in [0.15, 0.2) is 35.6 Å². The first-order valence-electron chi connectivity index (χ1n) is 12.2. The highest BCUT2D eigenvalue weighted by molar-refractivity contribution is 7.98. The van der Waals surface area contributed by atoms with Gasteiger partial charge < -0.3 is 14.0 Å². The van der Waals surface area contributed by atoms with Crippen LogP contribution in [0, 0.1) is 13.8 Å². The third-order valence-corrected chi connectivity index (χ3v) is 10.3. The first-order chi connectivity index (χ1) is 17.8. The van der Waals surface area contributed by atoms with Crippen molar-refractivity contribution in [1.29, 1.82) is 0 Å². The van der Waals surface area contributed by atoms with Gasteiger partial charge in [-0.05, 0) is 37.1 Å². The highest BCUT2D eigenvalue weighted by atomic mass is 35.5. The SMILES string of the molecule is COc1cccc(CSc2nc(Cl)cc(N(COCC[Si](C)(C)C)S(=O)(=O)Cc3cn(C)c(C)n3)n2)c1C. The van der Waals surface area contributed by atoms with E-state index in [1.807, 2.05) is 39.1 Å². The van der Waals surface area contributed by atoms with Gasteiger partial charge in [-0.2, -0.15) is 0 Å². The van der Waals surface area contributed by atoms with Crippen molar-refractivity contribution in [3.63, 3.8) is 0 Å². The van der Waals surface area contributed by atoms with Crippen LogP contribution in [-0.2, 0) is 33.3 Å². The molecule has 208 valence electrons. The molecule has 3 aromatic rings. The van der Waals surface area contributed by atoms with Crippen molar-refractivity contribution in [2.24, 2.45) is 7.05 Å². The maximum absolute atomic E-state index is 13.6. The molecular weight excluding hydrogens is 562 g/mol. The molecule has 0 amide bonds. The molecule has 38 heavy (non-hydrogen) atoms. The topological polar surface area (TPSA) is 99.4 Å². The zero-order valence-corrected chi connectivity index (χ0v) is 26.4. The van der Waals surface area contributed by atoms with Gasteiger partial charge >= 0.3 is 0 Å². The van der Waals surface area contributed by atoms with Gasteiger partial charge in [-0.15, -0.1) is 0 Å². The number of nitrogens with zero attached hydrogens (tertiary/aromatic N) is 5. The summed E-state index contributed by atoms with van der Waals surface area (Å²) in [5.74, 6) is 1.96. The second-order valence-electron chi connectivity index (χ2n) is 10.2. The number of ether oxygens (including phenoxy) is 2. The third kappa shape index (κ3) is 8.44. The number of aryl methyl sites for hydroxylation is 2. The highest BCUT2D eigenvalue weighted by Gasteiger charge is 2.27. The normalized spacial score (nSPS) is 12.1. The second kappa shape index (κ2) is 12.8. The van der Waals surface area contributed by atoms with Crippen molar-refractivity contribution in [2.45, 2.75) is 56.2 Å². The van der Waals surface area contributed by atoms with Gasteiger partial charge in [-0.3, -0.25) is 0 Å². The highest BCUT2D eigenvalue weighted by Crippen LogP contribution is 2.30. The number of rotatable bonds is 13. The number of imidazole rings is 1. The number of halogens is 1. The van der Waals surface area contributed by atoms with E-state index in [1.54, 1.807) is 17.9 Å². The fourth-order valence-electron chi connectivity index (χ4n) is 3.54. The first-order valence-corrected chi connectivity index (χ1v) is 18.8. The molecule has 0 saturated heterocycles. The molecule has 2 aromatic heterocycles. The van der Waals surface area contributed by atoms with E-state index in [0.29, 0.717) is 23.2 Å². The van der Waals surface area contributed by atoms with Gasteiger partial charge in [-0.1, -0.05) is 55.1 Å². The summed E-state index contributed by atoms with van der Waals surface area (Å²) in [6.07, 6.45) is 1.71. The second-order valence-corrected chi connectivity index (χ2v) is 19.1. The summed E-state index contributed by atoms with van der Waals surface area (Å²) in [7, 11) is -1.79. The first kappa shape index (κ1) is 30.4. The lowest BCUT2D eigenvalue weighted by atomic mass is 10.1. The summed E-state index contributed by atoms with van der Waals surface area (Å²) >= 11 is 7.72. The molecule has 0 atom stereocenters. The molecule has 9 nitrogen and oxygen atoms in total. The van der Waals surface area contributed by atoms with E-state index in [2.05, 4.69) is 34.6 Å². The molecule has 0 aliphatic heterocycles. The standard InChI is InChI=1S/C25H36ClN5O4S2Si/c1-18-20(9-8-10-22(18)34-4)15-36-25-28-23(26)13-24(29-25)31(17-35-11-12-38(5,6)7)37(32,33)16-21-14-30(3)19(2)27-21/h8-10,13-14H,11-12,15-17H2,1-7H3. The Morgan fingerprint density at radius 1 is 1.16 bits per heavy atom. The number of aromatic nitrogens is 4. The fourth-order valence-corrected chi connectivity index (χ4v) is 6.72. The summed E-state index contributed by atoms with van der Waals surface area (Å²) in [5.41, 5.74) is 2.53. The number of benzene rings is 1. The molecule has 0 spiro atoms. The molecule has 13 heteroatoms. The van der Waals surface area contributed by atoms with Crippen LogP contribution in [0.25, 0.3) is 0 Å². The Morgan fingerprint density at radius 3 is 2.53 bits per heavy atom. The molecule has 0 bridgehead atoms. The van der Waals surface area contributed by atoms with Gasteiger partial charge in [-0.25, -0.2) is 27.7 Å². The average molecular weight is 598 g/mol. The Balaban J connectivity index is 1.88. The van der Waals surface area contributed by atoms with Crippen LogP contribution in [0.1, 0.15) is 22.6 Å². The Bertz CT molecular complexity index is 1340. The van der Waals surface area contributed by atoms with E-state index in [0.717, 1.165) is 33.1 Å². The number of methoxy groups -OCH3 is 1. The zero-order valence-electron chi connectivity index (χ0n) is 23.0. The summed E-state index contributed by atoms with van der Waals surface area (Å²) in [6, 6.07) is 8.20. The molecule has 2 heterocycles. The van der Waals surface area contributed by atoms with Crippen LogP contribution in [0.3, 0.4) is 0 Å². The number of sulfonamides is 1. The van der Waals surface area contributed by atoms with Crippen LogP contribution in [-0.4, -0.2) is 56.5 Å². The molecule has 0 aliphatic carbocycles. The monoisotopic (exact) mass is 597 g/mol. The van der Waals surface area contributed by atoms with Gasteiger partial charge in [0.2, 0.25) is 10.0 Å². The van der Waals surface area contributed by atoms with E-state index in [1.165, 1.54) is 17.8 Å².